The van der Waals surface area contributed by atoms with Gasteiger partial charge in [-0.05, 0) is 31.9 Å². The zero-order valence-corrected chi connectivity index (χ0v) is 11.4. The van der Waals surface area contributed by atoms with E-state index in [2.05, 4.69) is 29.4 Å². The van der Waals surface area contributed by atoms with E-state index < -0.39 is 0 Å². The van der Waals surface area contributed by atoms with E-state index in [1.54, 1.807) is 0 Å². The average Bonchev–Trinajstić information content (AvgIpc) is 2.58. The lowest BCUT2D eigenvalue weighted by atomic mass is 10.1. The van der Waals surface area contributed by atoms with Crippen molar-refractivity contribution >= 4 is 17.2 Å². The van der Waals surface area contributed by atoms with Gasteiger partial charge in [-0.25, -0.2) is 0 Å². The molecule has 1 amide bonds. The normalized spacial score (nSPS) is 21.2. The van der Waals surface area contributed by atoms with Crippen LogP contribution in [-0.4, -0.2) is 23.9 Å². The predicted molar refractivity (Wildman–Crippen MR) is 77.8 cm³/mol. The summed E-state index contributed by atoms with van der Waals surface area (Å²) in [7, 11) is 0. The largest absolute Gasteiger partial charge is 0.377 e. The van der Waals surface area contributed by atoms with Gasteiger partial charge in [0, 0.05) is 30.5 Å². The van der Waals surface area contributed by atoms with Gasteiger partial charge in [0.2, 0.25) is 0 Å². The Hall–Kier alpha value is -1.77. The van der Waals surface area contributed by atoms with Crippen molar-refractivity contribution in [2.24, 2.45) is 0 Å². The molecule has 0 aromatic heterocycles. The molecule has 0 aliphatic carbocycles. The number of fused-ring (bicyclic) bond motifs is 1. The van der Waals surface area contributed by atoms with E-state index in [9.17, 15) is 4.79 Å². The van der Waals surface area contributed by atoms with E-state index in [0.717, 1.165) is 29.9 Å². The van der Waals surface area contributed by atoms with Crippen molar-refractivity contribution in [1.82, 2.24) is 4.90 Å². The molecule has 0 saturated carbocycles. The van der Waals surface area contributed by atoms with Crippen LogP contribution in [-0.2, 0) is 4.79 Å². The zero-order chi connectivity index (χ0) is 13.2. The summed E-state index contributed by atoms with van der Waals surface area (Å²) >= 11 is 0. The molecular formula is C16H20N2O. The molecular weight excluding hydrogens is 236 g/mol. The van der Waals surface area contributed by atoms with Gasteiger partial charge in [-0.1, -0.05) is 24.5 Å². The van der Waals surface area contributed by atoms with E-state index in [0.29, 0.717) is 0 Å². The number of benzene rings is 1. The lowest BCUT2D eigenvalue weighted by molar-refractivity contribution is -0.110. The topological polar surface area (TPSA) is 32.3 Å². The highest BCUT2D eigenvalue weighted by atomic mass is 16.2. The number of anilines is 1. The Kier molecular flexibility index (Phi) is 3.28. The van der Waals surface area contributed by atoms with Crippen molar-refractivity contribution in [2.45, 2.75) is 32.6 Å². The smallest absolute Gasteiger partial charge is 0.257 e. The highest BCUT2D eigenvalue weighted by Gasteiger charge is 2.24. The van der Waals surface area contributed by atoms with Gasteiger partial charge in [0.25, 0.3) is 5.91 Å². The number of nitrogens with zero attached hydrogens (tertiary/aromatic N) is 1. The first-order valence-corrected chi connectivity index (χ1v) is 7.12. The van der Waals surface area contributed by atoms with Crippen LogP contribution in [0.3, 0.4) is 0 Å². The lowest BCUT2D eigenvalue weighted by Crippen LogP contribution is -2.19. The minimum atomic E-state index is 0.0323. The third kappa shape index (κ3) is 2.50. The second kappa shape index (κ2) is 5.08. The van der Waals surface area contributed by atoms with Gasteiger partial charge >= 0.3 is 0 Å². The van der Waals surface area contributed by atoms with E-state index in [1.807, 2.05) is 12.1 Å². The van der Waals surface area contributed by atoms with Crippen LogP contribution in [0.25, 0.3) is 5.57 Å². The number of likely N-dealkylation sites (tertiary alicyclic amines) is 1. The van der Waals surface area contributed by atoms with Crippen LogP contribution in [0.15, 0.2) is 24.4 Å². The second-order valence-corrected chi connectivity index (χ2v) is 5.50. The number of carbonyl (C=O) groups excluding carboxylic acids is 1. The Morgan fingerprint density at radius 3 is 2.63 bits per heavy atom. The van der Waals surface area contributed by atoms with Crippen LogP contribution in [0.4, 0.5) is 5.69 Å². The summed E-state index contributed by atoms with van der Waals surface area (Å²) in [5.41, 5.74) is 4.00. The monoisotopic (exact) mass is 256 g/mol. The van der Waals surface area contributed by atoms with Gasteiger partial charge in [-0.3, -0.25) is 4.79 Å². The van der Waals surface area contributed by atoms with Crippen LogP contribution in [0, 0.1) is 6.92 Å². The molecule has 0 radical (unpaired) electrons. The Bertz CT molecular complexity index is 526. The van der Waals surface area contributed by atoms with E-state index in [-0.39, 0.29) is 5.91 Å². The molecule has 1 aromatic carbocycles. The van der Waals surface area contributed by atoms with Crippen molar-refractivity contribution in [2.75, 3.05) is 18.4 Å². The van der Waals surface area contributed by atoms with Crippen LogP contribution >= 0.6 is 0 Å². The first kappa shape index (κ1) is 12.3. The molecule has 2 heterocycles. The Morgan fingerprint density at radius 2 is 1.89 bits per heavy atom. The number of rotatable bonds is 1. The highest BCUT2D eigenvalue weighted by molar-refractivity contribution is 6.31. The summed E-state index contributed by atoms with van der Waals surface area (Å²) in [4.78, 5) is 14.4. The maximum absolute atomic E-state index is 12.1. The summed E-state index contributed by atoms with van der Waals surface area (Å²) in [5.74, 6) is 0.0323. The molecule has 1 fully saturated rings. The highest BCUT2D eigenvalue weighted by Crippen LogP contribution is 2.32. The number of nitrogens with one attached hydrogen (secondary N) is 1. The number of aryl methyl sites for hydroxylation is 1. The molecule has 0 spiro atoms. The fourth-order valence-electron chi connectivity index (χ4n) is 2.84. The van der Waals surface area contributed by atoms with Gasteiger partial charge in [0.15, 0.2) is 0 Å². The molecule has 3 rings (SSSR count). The molecule has 1 saturated heterocycles. The Balaban J connectivity index is 1.92. The van der Waals surface area contributed by atoms with Crippen molar-refractivity contribution in [3.63, 3.8) is 0 Å². The summed E-state index contributed by atoms with van der Waals surface area (Å²) in [6.07, 6.45) is 7.13. The Labute approximate surface area is 114 Å². The first-order valence-electron chi connectivity index (χ1n) is 7.12. The van der Waals surface area contributed by atoms with Crippen molar-refractivity contribution < 1.29 is 4.79 Å². The molecule has 0 bridgehead atoms. The average molecular weight is 256 g/mol. The van der Waals surface area contributed by atoms with E-state index in [4.69, 9.17) is 0 Å². The van der Waals surface area contributed by atoms with Crippen LogP contribution in [0.2, 0.25) is 0 Å². The fraction of sp³-hybridized carbons (Fsp3) is 0.438. The third-order valence-corrected chi connectivity index (χ3v) is 3.91. The molecule has 0 atom stereocenters. The maximum Gasteiger partial charge on any atom is 0.257 e. The second-order valence-electron chi connectivity index (χ2n) is 5.50. The van der Waals surface area contributed by atoms with Crippen LogP contribution < -0.4 is 5.32 Å². The lowest BCUT2D eigenvalue weighted by Gasteiger charge is -2.18. The third-order valence-electron chi connectivity index (χ3n) is 3.91. The fourth-order valence-corrected chi connectivity index (χ4v) is 2.84. The van der Waals surface area contributed by atoms with Crippen LogP contribution in [0.1, 0.15) is 36.8 Å². The SMILES string of the molecule is Cc1ccc2c(c1)/C(=C\N1CCCCCC1)C(=O)N2. The summed E-state index contributed by atoms with van der Waals surface area (Å²) in [6.45, 7) is 4.20. The molecule has 3 heteroatoms. The molecule has 2 aliphatic rings. The van der Waals surface area contributed by atoms with Crippen molar-refractivity contribution in [1.29, 1.82) is 0 Å². The van der Waals surface area contributed by atoms with E-state index in [1.165, 1.54) is 31.2 Å². The molecule has 1 N–H and O–H groups in total. The van der Waals surface area contributed by atoms with Gasteiger partial charge in [-0.2, -0.15) is 0 Å². The minimum absolute atomic E-state index is 0.0323. The summed E-state index contributed by atoms with van der Waals surface area (Å²) in [5, 5.41) is 2.95. The number of hydrogen-bond acceptors (Lipinski definition) is 2. The first-order chi connectivity index (χ1) is 9.24. The van der Waals surface area contributed by atoms with E-state index >= 15 is 0 Å². The molecule has 2 aliphatic heterocycles. The quantitative estimate of drug-likeness (QED) is 0.783. The molecule has 1 aromatic rings. The zero-order valence-electron chi connectivity index (χ0n) is 11.4. The summed E-state index contributed by atoms with van der Waals surface area (Å²) in [6, 6.07) is 6.12. The van der Waals surface area contributed by atoms with Gasteiger partial charge < -0.3 is 10.2 Å². The number of amides is 1. The molecule has 100 valence electrons. The molecule has 19 heavy (non-hydrogen) atoms. The number of hydrogen-bond donors (Lipinski definition) is 1. The maximum atomic E-state index is 12.1. The van der Waals surface area contributed by atoms with Gasteiger partial charge in [-0.15, -0.1) is 0 Å². The van der Waals surface area contributed by atoms with Gasteiger partial charge in [0.1, 0.15) is 0 Å². The Morgan fingerprint density at radius 1 is 1.16 bits per heavy atom. The predicted octanol–water partition coefficient (Wildman–Crippen LogP) is 3.16. The van der Waals surface area contributed by atoms with Crippen LogP contribution in [0.5, 0.6) is 0 Å². The van der Waals surface area contributed by atoms with Gasteiger partial charge in [0.05, 0.1) is 5.57 Å². The molecule has 0 unspecified atom stereocenters. The number of carbonyl (C=O) groups is 1. The molecule has 3 nitrogen and oxygen atoms in total. The summed E-state index contributed by atoms with van der Waals surface area (Å²) < 4.78 is 0. The minimum Gasteiger partial charge on any atom is -0.377 e. The standard InChI is InChI=1S/C16H20N2O/c1-12-6-7-15-13(10-12)14(16(19)17-15)11-18-8-4-2-3-5-9-18/h6-7,10-11H,2-5,8-9H2,1H3,(H,17,19)/b14-11+. The van der Waals surface area contributed by atoms with Crippen molar-refractivity contribution in [3.05, 3.63) is 35.5 Å². The van der Waals surface area contributed by atoms with Crippen molar-refractivity contribution in [3.8, 4) is 0 Å².